The minimum atomic E-state index is -0.511. The summed E-state index contributed by atoms with van der Waals surface area (Å²) in [4.78, 5) is 29.9. The number of nitrogens with zero attached hydrogens (tertiary/aromatic N) is 3. The Bertz CT molecular complexity index is 730. The SMILES string of the molecule is COC(=O)C1CCCN1C(=O)Nc1cn2cc(I)ccc2n1. The highest BCUT2D eigenvalue weighted by molar-refractivity contribution is 14.1. The van der Waals surface area contributed by atoms with Crippen molar-refractivity contribution in [3.63, 3.8) is 0 Å². The number of likely N-dealkylation sites (tertiary alicyclic amines) is 1. The number of hydrogen-bond donors (Lipinski definition) is 1. The second-order valence-corrected chi connectivity index (χ2v) is 6.29. The molecule has 7 nitrogen and oxygen atoms in total. The second-order valence-electron chi connectivity index (χ2n) is 5.04. The lowest BCUT2D eigenvalue weighted by Crippen LogP contribution is -2.43. The fourth-order valence-corrected chi connectivity index (χ4v) is 3.08. The Morgan fingerprint density at radius 1 is 1.41 bits per heavy atom. The lowest BCUT2D eigenvalue weighted by molar-refractivity contribution is -0.144. The van der Waals surface area contributed by atoms with E-state index in [1.807, 2.05) is 22.7 Å². The average Bonchev–Trinajstić information content (AvgIpc) is 3.11. The number of imidazole rings is 1. The molecule has 1 aliphatic rings. The first-order valence-electron chi connectivity index (χ1n) is 6.88. The van der Waals surface area contributed by atoms with Gasteiger partial charge in [0.05, 0.1) is 13.3 Å². The van der Waals surface area contributed by atoms with Crippen molar-refractivity contribution in [2.24, 2.45) is 0 Å². The zero-order valence-electron chi connectivity index (χ0n) is 12.0. The first-order valence-corrected chi connectivity index (χ1v) is 7.96. The third kappa shape index (κ3) is 2.87. The number of hydrogen-bond acceptors (Lipinski definition) is 4. The number of carbonyl (C=O) groups is 2. The molecule has 8 heteroatoms. The van der Waals surface area contributed by atoms with Crippen LogP contribution in [-0.4, -0.2) is 46.0 Å². The van der Waals surface area contributed by atoms with Gasteiger partial charge in [0.1, 0.15) is 11.7 Å². The lowest BCUT2D eigenvalue weighted by Gasteiger charge is -2.22. The van der Waals surface area contributed by atoms with Crippen LogP contribution in [0.3, 0.4) is 0 Å². The average molecular weight is 414 g/mol. The molecule has 2 aromatic heterocycles. The molecule has 0 saturated carbocycles. The number of fused-ring (bicyclic) bond motifs is 1. The van der Waals surface area contributed by atoms with Crippen molar-refractivity contribution in [3.05, 3.63) is 28.1 Å². The first-order chi connectivity index (χ1) is 10.6. The maximum absolute atomic E-state index is 12.3. The molecule has 0 aliphatic carbocycles. The molecule has 3 rings (SSSR count). The predicted molar refractivity (Wildman–Crippen MR) is 88.7 cm³/mol. The van der Waals surface area contributed by atoms with Gasteiger partial charge in [-0.1, -0.05) is 0 Å². The third-order valence-corrected chi connectivity index (χ3v) is 4.27. The van der Waals surface area contributed by atoms with Crippen molar-refractivity contribution in [1.29, 1.82) is 0 Å². The number of urea groups is 1. The molecular weight excluding hydrogens is 399 g/mol. The van der Waals surface area contributed by atoms with E-state index in [1.165, 1.54) is 12.0 Å². The van der Waals surface area contributed by atoms with Crippen molar-refractivity contribution in [1.82, 2.24) is 14.3 Å². The van der Waals surface area contributed by atoms with E-state index in [4.69, 9.17) is 4.74 Å². The molecule has 3 heterocycles. The lowest BCUT2D eigenvalue weighted by atomic mass is 10.2. The zero-order valence-corrected chi connectivity index (χ0v) is 14.1. The van der Waals surface area contributed by atoms with Crippen LogP contribution in [0.5, 0.6) is 0 Å². The maximum Gasteiger partial charge on any atom is 0.328 e. The molecule has 1 N–H and O–H groups in total. The van der Waals surface area contributed by atoms with Gasteiger partial charge >= 0.3 is 12.0 Å². The monoisotopic (exact) mass is 414 g/mol. The maximum atomic E-state index is 12.3. The highest BCUT2D eigenvalue weighted by Crippen LogP contribution is 2.20. The second kappa shape index (κ2) is 6.11. The summed E-state index contributed by atoms with van der Waals surface area (Å²) in [6.07, 6.45) is 5.09. The summed E-state index contributed by atoms with van der Waals surface area (Å²) >= 11 is 2.21. The standard InChI is InChI=1S/C14H15IN4O3/c1-22-13(20)10-3-2-6-19(10)14(21)17-11-8-18-7-9(15)4-5-12(18)16-11/h4-5,7-8,10H,2-3,6H2,1H3,(H,17,21). The molecule has 2 amide bonds. The van der Waals surface area contributed by atoms with Gasteiger partial charge in [0.15, 0.2) is 5.82 Å². The van der Waals surface area contributed by atoms with Crippen molar-refractivity contribution in [2.45, 2.75) is 18.9 Å². The Hall–Kier alpha value is -1.84. The number of nitrogens with one attached hydrogen (secondary N) is 1. The summed E-state index contributed by atoms with van der Waals surface area (Å²) in [7, 11) is 1.33. The fraction of sp³-hybridized carbons (Fsp3) is 0.357. The molecule has 0 spiro atoms. The van der Waals surface area contributed by atoms with Crippen molar-refractivity contribution < 1.29 is 14.3 Å². The van der Waals surface area contributed by atoms with Gasteiger partial charge in [0.2, 0.25) is 0 Å². The summed E-state index contributed by atoms with van der Waals surface area (Å²) in [5, 5.41) is 2.75. The van der Waals surface area contributed by atoms with Gasteiger partial charge in [0, 0.05) is 16.3 Å². The number of aromatic nitrogens is 2. The number of anilines is 1. The van der Waals surface area contributed by atoms with Crippen LogP contribution in [0.4, 0.5) is 10.6 Å². The van der Waals surface area contributed by atoms with Gasteiger partial charge in [-0.25, -0.2) is 14.6 Å². The number of carbonyl (C=O) groups excluding carboxylic acids is 2. The van der Waals surface area contributed by atoms with E-state index in [-0.39, 0.29) is 12.0 Å². The quantitative estimate of drug-likeness (QED) is 0.604. The van der Waals surface area contributed by atoms with Crippen LogP contribution in [0.2, 0.25) is 0 Å². The Morgan fingerprint density at radius 2 is 2.23 bits per heavy atom. The van der Waals surface area contributed by atoms with Crippen LogP contribution < -0.4 is 5.32 Å². The number of halogens is 1. The van der Waals surface area contributed by atoms with Crippen LogP contribution in [0.1, 0.15) is 12.8 Å². The molecule has 2 aromatic rings. The van der Waals surface area contributed by atoms with Gasteiger partial charge in [0.25, 0.3) is 0 Å². The fourth-order valence-electron chi connectivity index (χ4n) is 2.60. The van der Waals surface area contributed by atoms with Crippen LogP contribution >= 0.6 is 22.6 Å². The van der Waals surface area contributed by atoms with Crippen molar-refractivity contribution >= 4 is 46.1 Å². The number of amides is 2. The molecule has 1 unspecified atom stereocenters. The van der Waals surface area contributed by atoms with Crippen LogP contribution in [0, 0.1) is 3.57 Å². The molecule has 1 fully saturated rings. The van der Waals surface area contributed by atoms with E-state index in [2.05, 4.69) is 32.9 Å². The topological polar surface area (TPSA) is 75.9 Å². The van der Waals surface area contributed by atoms with Gasteiger partial charge < -0.3 is 14.0 Å². The molecular formula is C14H15IN4O3. The van der Waals surface area contributed by atoms with E-state index in [0.29, 0.717) is 18.8 Å². The largest absolute Gasteiger partial charge is 0.467 e. The normalized spacial score (nSPS) is 17.7. The molecule has 0 bridgehead atoms. The van der Waals surface area contributed by atoms with E-state index in [0.717, 1.165) is 15.6 Å². The molecule has 1 aliphatic heterocycles. The van der Waals surface area contributed by atoms with Crippen LogP contribution in [-0.2, 0) is 9.53 Å². The molecule has 1 atom stereocenters. The number of pyridine rings is 1. The Morgan fingerprint density at radius 3 is 3.00 bits per heavy atom. The molecule has 1 saturated heterocycles. The van der Waals surface area contributed by atoms with Crippen LogP contribution in [0.25, 0.3) is 5.65 Å². The Balaban J connectivity index is 1.76. The zero-order chi connectivity index (χ0) is 15.7. The smallest absolute Gasteiger partial charge is 0.328 e. The minimum Gasteiger partial charge on any atom is -0.467 e. The van der Waals surface area contributed by atoms with E-state index in [1.54, 1.807) is 6.20 Å². The summed E-state index contributed by atoms with van der Waals surface area (Å²) in [6, 6.07) is 2.99. The Kier molecular flexibility index (Phi) is 4.19. The summed E-state index contributed by atoms with van der Waals surface area (Å²) < 4.78 is 7.67. The number of ether oxygens (including phenoxy) is 1. The van der Waals surface area contributed by atoms with Gasteiger partial charge in [-0.2, -0.15) is 0 Å². The number of rotatable bonds is 2. The van der Waals surface area contributed by atoms with Gasteiger partial charge in [-0.05, 0) is 47.6 Å². The predicted octanol–water partition coefficient (Wildman–Crippen LogP) is 2.11. The summed E-state index contributed by atoms with van der Waals surface area (Å²) in [6.45, 7) is 0.539. The summed E-state index contributed by atoms with van der Waals surface area (Å²) in [5.74, 6) is 0.0831. The number of methoxy groups -OCH3 is 1. The molecule has 0 radical (unpaired) electrons. The number of esters is 1. The van der Waals surface area contributed by atoms with E-state index < -0.39 is 6.04 Å². The van der Waals surface area contributed by atoms with Gasteiger partial charge in [-0.15, -0.1) is 0 Å². The molecule has 116 valence electrons. The molecule has 22 heavy (non-hydrogen) atoms. The van der Waals surface area contributed by atoms with Crippen molar-refractivity contribution in [3.8, 4) is 0 Å². The summed E-state index contributed by atoms with van der Waals surface area (Å²) in [5.41, 5.74) is 0.752. The first kappa shape index (κ1) is 15.1. The molecule has 0 aromatic carbocycles. The minimum absolute atomic E-state index is 0.328. The van der Waals surface area contributed by atoms with E-state index in [9.17, 15) is 9.59 Å². The third-order valence-electron chi connectivity index (χ3n) is 3.64. The highest BCUT2D eigenvalue weighted by atomic mass is 127. The Labute approximate surface area is 140 Å². The van der Waals surface area contributed by atoms with E-state index >= 15 is 0 Å². The van der Waals surface area contributed by atoms with Crippen molar-refractivity contribution in [2.75, 3.05) is 19.0 Å². The van der Waals surface area contributed by atoms with Crippen LogP contribution in [0.15, 0.2) is 24.5 Å². The van der Waals surface area contributed by atoms with Gasteiger partial charge in [-0.3, -0.25) is 5.32 Å². The highest BCUT2D eigenvalue weighted by Gasteiger charge is 2.35.